The fourth-order valence-electron chi connectivity index (χ4n) is 1.39. The molecule has 0 saturated carbocycles. The number of benzene rings is 1. The number of hydrogen-bond donors (Lipinski definition) is 3. The smallest absolute Gasteiger partial charge is 0.153 e. The van der Waals surface area contributed by atoms with Gasteiger partial charge in [-0.05, 0) is 31.2 Å². The van der Waals surface area contributed by atoms with Crippen LogP contribution in [0.4, 0.5) is 17.2 Å². The molecule has 0 radical (unpaired) electrons. The number of rotatable bonds is 2. The van der Waals surface area contributed by atoms with Gasteiger partial charge in [-0.1, -0.05) is 6.07 Å². The number of nitrogens with zero attached hydrogens (tertiary/aromatic N) is 1. The molecule has 4 N–H and O–H groups in total. The SMILES string of the molecule is Cc1ccc(N)c(Nc2cccc(O)c2)n1. The summed E-state index contributed by atoms with van der Waals surface area (Å²) in [6.45, 7) is 1.90. The largest absolute Gasteiger partial charge is 0.508 e. The molecular formula is C12H13N3O. The Labute approximate surface area is 93.8 Å². The van der Waals surface area contributed by atoms with E-state index >= 15 is 0 Å². The minimum Gasteiger partial charge on any atom is -0.508 e. The second-order valence-corrected chi connectivity index (χ2v) is 3.57. The Balaban J connectivity index is 2.30. The number of nitrogen functional groups attached to an aromatic ring is 1. The number of phenols is 1. The molecule has 4 heteroatoms. The van der Waals surface area contributed by atoms with Crippen LogP contribution in [-0.4, -0.2) is 10.1 Å². The second-order valence-electron chi connectivity index (χ2n) is 3.57. The van der Waals surface area contributed by atoms with Crippen LogP contribution in [0.15, 0.2) is 36.4 Å². The molecule has 82 valence electrons. The quantitative estimate of drug-likeness (QED) is 0.719. The van der Waals surface area contributed by atoms with Crippen molar-refractivity contribution >= 4 is 17.2 Å². The molecule has 16 heavy (non-hydrogen) atoms. The first-order valence-corrected chi connectivity index (χ1v) is 4.94. The third kappa shape index (κ3) is 2.23. The van der Waals surface area contributed by atoms with Crippen LogP contribution in [0.5, 0.6) is 5.75 Å². The first-order valence-electron chi connectivity index (χ1n) is 4.94. The molecule has 1 heterocycles. The van der Waals surface area contributed by atoms with E-state index in [-0.39, 0.29) is 5.75 Å². The molecule has 0 saturated heterocycles. The fourth-order valence-corrected chi connectivity index (χ4v) is 1.39. The lowest BCUT2D eigenvalue weighted by molar-refractivity contribution is 0.475. The van der Waals surface area contributed by atoms with Gasteiger partial charge in [-0.3, -0.25) is 0 Å². The van der Waals surface area contributed by atoms with E-state index in [2.05, 4.69) is 10.3 Å². The van der Waals surface area contributed by atoms with E-state index in [1.807, 2.05) is 19.1 Å². The van der Waals surface area contributed by atoms with Gasteiger partial charge in [0.1, 0.15) is 5.75 Å². The highest BCUT2D eigenvalue weighted by Crippen LogP contribution is 2.23. The minimum atomic E-state index is 0.205. The second kappa shape index (κ2) is 4.10. The van der Waals surface area contributed by atoms with Gasteiger partial charge < -0.3 is 16.2 Å². The summed E-state index contributed by atoms with van der Waals surface area (Å²) in [5, 5.41) is 12.4. The fraction of sp³-hybridized carbons (Fsp3) is 0.0833. The number of hydrogen-bond acceptors (Lipinski definition) is 4. The van der Waals surface area contributed by atoms with Crippen LogP contribution in [0.1, 0.15) is 5.69 Å². The van der Waals surface area contributed by atoms with E-state index in [0.29, 0.717) is 11.5 Å². The monoisotopic (exact) mass is 215 g/mol. The summed E-state index contributed by atoms with van der Waals surface area (Å²) in [6, 6.07) is 10.5. The van der Waals surface area contributed by atoms with E-state index in [9.17, 15) is 5.11 Å². The molecule has 0 fully saturated rings. The minimum absolute atomic E-state index is 0.205. The number of phenolic OH excluding ortho intramolecular Hbond substituents is 1. The molecule has 2 aromatic rings. The van der Waals surface area contributed by atoms with Crippen molar-refractivity contribution in [2.24, 2.45) is 0 Å². The number of pyridine rings is 1. The van der Waals surface area contributed by atoms with Crippen LogP contribution in [0.2, 0.25) is 0 Å². The zero-order chi connectivity index (χ0) is 11.5. The van der Waals surface area contributed by atoms with Gasteiger partial charge in [0, 0.05) is 17.4 Å². The van der Waals surface area contributed by atoms with Gasteiger partial charge in [0.25, 0.3) is 0 Å². The van der Waals surface area contributed by atoms with Gasteiger partial charge in [0.15, 0.2) is 5.82 Å². The average Bonchev–Trinajstić information content (AvgIpc) is 2.24. The molecule has 0 unspecified atom stereocenters. The Bertz CT molecular complexity index is 511. The van der Waals surface area contributed by atoms with Gasteiger partial charge in [-0.15, -0.1) is 0 Å². The summed E-state index contributed by atoms with van der Waals surface area (Å²) >= 11 is 0. The topological polar surface area (TPSA) is 71.2 Å². The summed E-state index contributed by atoms with van der Waals surface area (Å²) < 4.78 is 0. The van der Waals surface area contributed by atoms with Crippen molar-refractivity contribution in [3.05, 3.63) is 42.1 Å². The van der Waals surface area contributed by atoms with E-state index in [1.165, 1.54) is 0 Å². The van der Waals surface area contributed by atoms with E-state index < -0.39 is 0 Å². The van der Waals surface area contributed by atoms with Crippen LogP contribution < -0.4 is 11.1 Å². The van der Waals surface area contributed by atoms with Crippen molar-refractivity contribution in [3.63, 3.8) is 0 Å². The van der Waals surface area contributed by atoms with Gasteiger partial charge in [-0.2, -0.15) is 0 Å². The molecule has 0 spiro atoms. The number of nitrogens with two attached hydrogens (primary N) is 1. The summed E-state index contributed by atoms with van der Waals surface area (Å²) in [5.74, 6) is 0.807. The highest BCUT2D eigenvalue weighted by atomic mass is 16.3. The van der Waals surface area contributed by atoms with Crippen LogP contribution >= 0.6 is 0 Å². The normalized spacial score (nSPS) is 10.1. The summed E-state index contributed by atoms with van der Waals surface area (Å²) in [6.07, 6.45) is 0. The zero-order valence-electron chi connectivity index (χ0n) is 8.94. The van der Waals surface area contributed by atoms with Crippen molar-refractivity contribution in [1.29, 1.82) is 0 Å². The first-order chi connectivity index (χ1) is 7.65. The van der Waals surface area contributed by atoms with Crippen LogP contribution in [0.3, 0.4) is 0 Å². The summed E-state index contributed by atoms with van der Waals surface area (Å²) in [4.78, 5) is 4.28. The predicted octanol–water partition coefficient (Wildman–Crippen LogP) is 2.42. The molecule has 0 atom stereocenters. The molecular weight excluding hydrogens is 202 g/mol. The Morgan fingerprint density at radius 2 is 2.06 bits per heavy atom. The zero-order valence-corrected chi connectivity index (χ0v) is 8.94. The Morgan fingerprint density at radius 1 is 1.25 bits per heavy atom. The maximum Gasteiger partial charge on any atom is 0.153 e. The molecule has 0 aliphatic heterocycles. The molecule has 1 aromatic carbocycles. The molecule has 0 aliphatic rings. The predicted molar refractivity (Wildman–Crippen MR) is 64.8 cm³/mol. The summed E-state index contributed by atoms with van der Waals surface area (Å²) in [7, 11) is 0. The van der Waals surface area contributed by atoms with Gasteiger partial charge in [-0.25, -0.2) is 4.98 Å². The van der Waals surface area contributed by atoms with Crippen LogP contribution in [-0.2, 0) is 0 Å². The van der Waals surface area contributed by atoms with Crippen LogP contribution in [0.25, 0.3) is 0 Å². The Kier molecular flexibility index (Phi) is 2.64. The van der Waals surface area contributed by atoms with Gasteiger partial charge in [0.2, 0.25) is 0 Å². The Hall–Kier alpha value is -2.23. The van der Waals surface area contributed by atoms with E-state index in [0.717, 1.165) is 11.4 Å². The van der Waals surface area contributed by atoms with Crippen LogP contribution in [0, 0.1) is 6.92 Å². The van der Waals surface area contributed by atoms with Crippen molar-refractivity contribution in [3.8, 4) is 5.75 Å². The van der Waals surface area contributed by atoms with Crippen molar-refractivity contribution in [1.82, 2.24) is 4.98 Å². The first kappa shape index (κ1) is 10.3. The number of anilines is 3. The van der Waals surface area contributed by atoms with E-state index in [4.69, 9.17) is 5.73 Å². The lowest BCUT2D eigenvalue weighted by Crippen LogP contribution is -1.99. The standard InChI is InChI=1S/C12H13N3O/c1-8-5-6-11(13)12(14-8)15-9-3-2-4-10(16)7-9/h2-7,16H,13H2,1H3,(H,14,15). The van der Waals surface area contributed by atoms with Crippen molar-refractivity contribution in [2.75, 3.05) is 11.1 Å². The molecule has 0 amide bonds. The lowest BCUT2D eigenvalue weighted by Gasteiger charge is -2.09. The number of aryl methyl sites for hydroxylation is 1. The molecule has 4 nitrogen and oxygen atoms in total. The lowest BCUT2D eigenvalue weighted by atomic mass is 10.3. The molecule has 0 bridgehead atoms. The van der Waals surface area contributed by atoms with E-state index in [1.54, 1.807) is 24.3 Å². The van der Waals surface area contributed by atoms with Crippen molar-refractivity contribution in [2.45, 2.75) is 6.92 Å². The Morgan fingerprint density at radius 3 is 2.81 bits per heavy atom. The van der Waals surface area contributed by atoms with Gasteiger partial charge in [0.05, 0.1) is 5.69 Å². The number of aromatic hydroxyl groups is 1. The third-order valence-corrected chi connectivity index (χ3v) is 2.17. The van der Waals surface area contributed by atoms with Gasteiger partial charge >= 0.3 is 0 Å². The third-order valence-electron chi connectivity index (χ3n) is 2.17. The number of nitrogens with one attached hydrogen (secondary N) is 1. The molecule has 2 rings (SSSR count). The maximum absolute atomic E-state index is 9.32. The average molecular weight is 215 g/mol. The molecule has 1 aromatic heterocycles. The maximum atomic E-state index is 9.32. The highest BCUT2D eigenvalue weighted by Gasteiger charge is 2.02. The molecule has 0 aliphatic carbocycles. The number of aromatic nitrogens is 1. The summed E-state index contributed by atoms with van der Waals surface area (Å²) in [5.41, 5.74) is 8.01. The highest BCUT2D eigenvalue weighted by molar-refractivity contribution is 5.69. The van der Waals surface area contributed by atoms with Crippen molar-refractivity contribution < 1.29 is 5.11 Å².